The molecule has 0 amide bonds. The summed E-state index contributed by atoms with van der Waals surface area (Å²) in [4.78, 5) is 10.3. The van der Waals surface area contributed by atoms with Crippen LogP contribution in [0.15, 0.2) is 198 Å². The number of allylic oxidation sites excluding steroid dienone is 4. The van der Waals surface area contributed by atoms with E-state index in [0.29, 0.717) is 5.92 Å². The Kier molecular flexibility index (Phi) is 7.72. The zero-order valence-corrected chi connectivity index (χ0v) is 32.1. The molecule has 2 aliphatic carbocycles. The van der Waals surface area contributed by atoms with Gasteiger partial charge in [-0.15, -0.1) is 0 Å². The third kappa shape index (κ3) is 5.49. The summed E-state index contributed by atoms with van der Waals surface area (Å²) in [6, 6.07) is 61.4. The second-order valence-electron chi connectivity index (χ2n) is 16.1. The van der Waals surface area contributed by atoms with Crippen LogP contribution in [0.4, 0.5) is 0 Å². The Morgan fingerprint density at radius 3 is 1.95 bits per heavy atom. The van der Waals surface area contributed by atoms with Crippen LogP contribution in [-0.2, 0) is 5.41 Å². The third-order valence-electron chi connectivity index (χ3n) is 12.5. The van der Waals surface area contributed by atoms with Crippen molar-refractivity contribution < 1.29 is 0 Å². The van der Waals surface area contributed by atoms with Gasteiger partial charge in [0.25, 0.3) is 0 Å². The average molecular weight is 732 g/mol. The zero-order valence-electron chi connectivity index (χ0n) is 32.1. The van der Waals surface area contributed by atoms with Gasteiger partial charge in [0.2, 0.25) is 0 Å². The van der Waals surface area contributed by atoms with Crippen LogP contribution in [0.3, 0.4) is 0 Å². The standard InChI is InChI=1S/C54H41N3/c1-54(2)48-26-12-11-23-43(48)44-29-27-37(33-49(44)54)36-28-30-46-47(32-36)42-22-10-9-21-41(42)45-25-14-24-40(50(45)46)38-19-13-20-39(31-38)53-56-51(34-15-5-3-6-16-34)55-52(57-53)35-17-7-4-8-18-35/h3-32,37,51H,33H2,1-2H3,(H,55,56,57). The molecule has 0 fully saturated rings. The van der Waals surface area contributed by atoms with Crippen molar-refractivity contribution in [3.05, 3.63) is 221 Å². The van der Waals surface area contributed by atoms with Gasteiger partial charge in [-0.1, -0.05) is 189 Å². The summed E-state index contributed by atoms with van der Waals surface area (Å²) in [5, 5.41) is 11.3. The van der Waals surface area contributed by atoms with Crippen molar-refractivity contribution in [1.29, 1.82) is 0 Å². The molecule has 3 aliphatic rings. The molecule has 1 aliphatic heterocycles. The van der Waals surface area contributed by atoms with E-state index in [2.05, 4.69) is 189 Å². The highest BCUT2D eigenvalue weighted by Gasteiger charge is 2.39. The Bertz CT molecular complexity index is 3040. The lowest BCUT2D eigenvalue weighted by atomic mass is 9.74. The van der Waals surface area contributed by atoms with Crippen LogP contribution >= 0.6 is 0 Å². The van der Waals surface area contributed by atoms with Crippen LogP contribution in [0.2, 0.25) is 0 Å². The van der Waals surface area contributed by atoms with Gasteiger partial charge in [-0.3, -0.25) is 0 Å². The first-order valence-electron chi connectivity index (χ1n) is 20.0. The zero-order chi connectivity index (χ0) is 38.1. The summed E-state index contributed by atoms with van der Waals surface area (Å²) in [6.45, 7) is 4.80. The van der Waals surface area contributed by atoms with Gasteiger partial charge in [-0.05, 0) is 89.8 Å². The topological polar surface area (TPSA) is 36.8 Å². The van der Waals surface area contributed by atoms with Crippen LogP contribution in [0, 0.1) is 0 Å². The Labute approximate surface area is 333 Å². The highest BCUT2D eigenvalue weighted by molar-refractivity contribution is 6.28. The van der Waals surface area contributed by atoms with Crippen molar-refractivity contribution in [1.82, 2.24) is 5.32 Å². The number of aliphatic imine (C=N–C) groups is 2. The third-order valence-corrected chi connectivity index (χ3v) is 12.5. The van der Waals surface area contributed by atoms with E-state index in [0.717, 1.165) is 40.3 Å². The van der Waals surface area contributed by atoms with Crippen LogP contribution in [0.1, 0.15) is 65.7 Å². The Hall–Kier alpha value is -6.84. The summed E-state index contributed by atoms with van der Waals surface area (Å²) in [6.07, 6.45) is 5.52. The Morgan fingerprint density at radius 2 is 1.12 bits per heavy atom. The summed E-state index contributed by atoms with van der Waals surface area (Å²) in [7, 11) is 0. The maximum atomic E-state index is 5.19. The van der Waals surface area contributed by atoms with E-state index in [4.69, 9.17) is 9.98 Å². The molecular formula is C54H41N3. The molecule has 0 spiro atoms. The molecular weight excluding hydrogens is 691 g/mol. The van der Waals surface area contributed by atoms with E-state index in [9.17, 15) is 0 Å². The summed E-state index contributed by atoms with van der Waals surface area (Å²) < 4.78 is 0. The molecule has 0 saturated heterocycles. The maximum absolute atomic E-state index is 5.19. The molecule has 2 unspecified atom stereocenters. The van der Waals surface area contributed by atoms with Crippen LogP contribution in [0.25, 0.3) is 49.0 Å². The van der Waals surface area contributed by atoms with Gasteiger partial charge >= 0.3 is 0 Å². The lowest BCUT2D eigenvalue weighted by Crippen LogP contribution is -2.36. The van der Waals surface area contributed by atoms with Crippen molar-refractivity contribution in [2.24, 2.45) is 9.98 Å². The molecule has 3 heteroatoms. The first kappa shape index (κ1) is 33.5. The molecule has 0 bridgehead atoms. The van der Waals surface area contributed by atoms with Gasteiger partial charge < -0.3 is 5.32 Å². The molecule has 0 radical (unpaired) electrons. The number of amidine groups is 2. The summed E-state index contributed by atoms with van der Waals surface area (Å²) in [5.74, 6) is 1.95. The van der Waals surface area contributed by atoms with Crippen molar-refractivity contribution in [2.75, 3.05) is 0 Å². The number of rotatable bonds is 5. The van der Waals surface area contributed by atoms with Crippen LogP contribution < -0.4 is 5.32 Å². The molecule has 8 aromatic rings. The highest BCUT2D eigenvalue weighted by atomic mass is 15.2. The van der Waals surface area contributed by atoms with E-state index in [1.54, 1.807) is 5.57 Å². The quantitative estimate of drug-likeness (QED) is 0.176. The van der Waals surface area contributed by atoms with Crippen LogP contribution in [0.5, 0.6) is 0 Å². The van der Waals surface area contributed by atoms with Gasteiger partial charge in [-0.25, -0.2) is 9.98 Å². The molecule has 1 heterocycles. The first-order chi connectivity index (χ1) is 28.0. The van der Waals surface area contributed by atoms with Gasteiger partial charge in [0.05, 0.1) is 0 Å². The number of hydrogen-bond donors (Lipinski definition) is 1. The second kappa shape index (κ2) is 13.1. The predicted molar refractivity (Wildman–Crippen MR) is 239 cm³/mol. The largest absolute Gasteiger partial charge is 0.324 e. The lowest BCUT2D eigenvalue weighted by molar-refractivity contribution is 0.591. The van der Waals surface area contributed by atoms with Gasteiger partial charge in [0.15, 0.2) is 6.17 Å². The fourth-order valence-electron chi connectivity index (χ4n) is 9.65. The van der Waals surface area contributed by atoms with E-state index in [1.165, 1.54) is 60.1 Å². The fourth-order valence-corrected chi connectivity index (χ4v) is 9.65. The molecule has 57 heavy (non-hydrogen) atoms. The SMILES string of the molecule is CC1(C)C2=C(C=CC(c3ccc4c(c3)c3ccccc3c3cccc(-c5cccc(C6=NC(c7ccccc7)N=C(c7ccccc7)N6)c5)c34)C2)c2ccccc21. The molecule has 11 rings (SSSR count). The minimum atomic E-state index is -0.347. The number of nitrogens with zero attached hydrogens (tertiary/aromatic N) is 2. The van der Waals surface area contributed by atoms with Gasteiger partial charge in [-0.2, -0.15) is 0 Å². The summed E-state index contributed by atoms with van der Waals surface area (Å²) in [5.41, 5.74) is 12.7. The molecule has 272 valence electrons. The lowest BCUT2D eigenvalue weighted by Gasteiger charge is -2.29. The molecule has 2 atom stereocenters. The fraction of sp³-hybridized carbons (Fsp3) is 0.111. The summed E-state index contributed by atoms with van der Waals surface area (Å²) >= 11 is 0. The minimum Gasteiger partial charge on any atom is -0.324 e. The Balaban J connectivity index is 1.02. The predicted octanol–water partition coefficient (Wildman–Crippen LogP) is 13.1. The number of nitrogens with one attached hydrogen (secondary N) is 1. The highest BCUT2D eigenvalue weighted by Crippen LogP contribution is 2.52. The monoisotopic (exact) mass is 731 g/mol. The second-order valence-corrected chi connectivity index (χ2v) is 16.1. The van der Waals surface area contributed by atoms with Gasteiger partial charge in [0, 0.05) is 22.5 Å². The number of benzene rings is 8. The smallest absolute Gasteiger partial charge is 0.169 e. The maximum Gasteiger partial charge on any atom is 0.169 e. The first-order valence-corrected chi connectivity index (χ1v) is 20.0. The van der Waals surface area contributed by atoms with E-state index in [1.807, 2.05) is 12.1 Å². The molecule has 0 aromatic heterocycles. The van der Waals surface area contributed by atoms with Crippen molar-refractivity contribution in [2.45, 2.75) is 37.8 Å². The van der Waals surface area contributed by atoms with Crippen molar-refractivity contribution >= 4 is 49.6 Å². The molecule has 3 nitrogen and oxygen atoms in total. The number of hydrogen-bond acceptors (Lipinski definition) is 3. The minimum absolute atomic E-state index is 0.0230. The van der Waals surface area contributed by atoms with Gasteiger partial charge in [0.1, 0.15) is 11.7 Å². The molecule has 0 saturated carbocycles. The number of fused-ring (bicyclic) bond motifs is 8. The van der Waals surface area contributed by atoms with E-state index < -0.39 is 0 Å². The van der Waals surface area contributed by atoms with Crippen molar-refractivity contribution in [3.63, 3.8) is 0 Å². The van der Waals surface area contributed by atoms with E-state index >= 15 is 0 Å². The average Bonchev–Trinajstić information content (AvgIpc) is 3.51. The molecule has 8 aromatic carbocycles. The Morgan fingerprint density at radius 1 is 0.509 bits per heavy atom. The van der Waals surface area contributed by atoms with Crippen LogP contribution in [-0.4, -0.2) is 11.7 Å². The van der Waals surface area contributed by atoms with E-state index in [-0.39, 0.29) is 11.6 Å². The molecule has 1 N–H and O–H groups in total. The van der Waals surface area contributed by atoms with Crippen molar-refractivity contribution in [3.8, 4) is 11.1 Å². The normalized spacial score (nSPS) is 18.3.